The summed E-state index contributed by atoms with van der Waals surface area (Å²) in [6.07, 6.45) is 2.61. The molecule has 0 bridgehead atoms. The second kappa shape index (κ2) is 7.45. The molecule has 1 aromatic heterocycles. The summed E-state index contributed by atoms with van der Waals surface area (Å²) < 4.78 is 0. The first kappa shape index (κ1) is 17.9. The van der Waals surface area contributed by atoms with E-state index in [4.69, 9.17) is 11.6 Å². The predicted octanol–water partition coefficient (Wildman–Crippen LogP) is 3.78. The molecule has 2 aromatic rings. The number of hydrogen-bond acceptors (Lipinski definition) is 3. The molecule has 0 spiro atoms. The Kier molecular flexibility index (Phi) is 5.57. The van der Waals surface area contributed by atoms with Crippen LogP contribution in [0.1, 0.15) is 37.0 Å². The van der Waals surface area contributed by atoms with Crippen LogP contribution in [-0.2, 0) is 4.79 Å². The summed E-state index contributed by atoms with van der Waals surface area (Å²) in [5.41, 5.74) is 0.328. The van der Waals surface area contributed by atoms with Crippen LogP contribution in [0.3, 0.4) is 0 Å². The summed E-state index contributed by atoms with van der Waals surface area (Å²) in [5.74, 6) is -1.59. The van der Waals surface area contributed by atoms with Crippen molar-refractivity contribution in [3.63, 3.8) is 0 Å². The lowest BCUT2D eigenvalue weighted by Gasteiger charge is -2.26. The van der Waals surface area contributed by atoms with Crippen LogP contribution in [0.5, 0.6) is 0 Å². The average molecular weight is 347 g/mol. The van der Waals surface area contributed by atoms with Crippen LogP contribution in [0.25, 0.3) is 11.3 Å². The van der Waals surface area contributed by atoms with E-state index >= 15 is 0 Å². The maximum atomic E-state index is 12.6. The van der Waals surface area contributed by atoms with Gasteiger partial charge in [-0.25, -0.2) is 4.79 Å². The highest BCUT2D eigenvalue weighted by Crippen LogP contribution is 2.25. The van der Waals surface area contributed by atoms with Gasteiger partial charge in [0.25, 0.3) is 5.91 Å². The molecule has 1 unspecified atom stereocenters. The fourth-order valence-electron chi connectivity index (χ4n) is 2.43. The van der Waals surface area contributed by atoms with E-state index in [0.717, 1.165) is 5.56 Å². The zero-order valence-electron chi connectivity index (χ0n) is 13.5. The van der Waals surface area contributed by atoms with Gasteiger partial charge < -0.3 is 10.4 Å². The minimum absolute atomic E-state index is 0.225. The lowest BCUT2D eigenvalue weighted by atomic mass is 9.95. The predicted molar refractivity (Wildman–Crippen MR) is 93.1 cm³/mol. The molecule has 126 valence electrons. The standard InChI is InChI=1S/C18H19ClN2O3/c1-3-9-18(2,17(23)24)21-16(22)13-11-12(7-8-14(13)19)15-6-4-5-10-20-15/h4-8,10-11H,3,9H2,1-2H3,(H,21,22)(H,23,24). The van der Waals surface area contributed by atoms with E-state index in [1.54, 1.807) is 30.5 Å². The van der Waals surface area contributed by atoms with Gasteiger partial charge in [-0.05, 0) is 37.6 Å². The van der Waals surface area contributed by atoms with Crippen molar-refractivity contribution in [3.05, 3.63) is 53.2 Å². The third-order valence-corrected chi connectivity index (χ3v) is 4.11. The number of carbonyl (C=O) groups is 2. The highest BCUT2D eigenvalue weighted by Gasteiger charge is 2.34. The maximum Gasteiger partial charge on any atom is 0.329 e. The van der Waals surface area contributed by atoms with Gasteiger partial charge in [-0.3, -0.25) is 9.78 Å². The van der Waals surface area contributed by atoms with Crippen LogP contribution in [0.4, 0.5) is 0 Å². The second-order valence-corrected chi connectivity index (χ2v) is 6.16. The fraction of sp³-hybridized carbons (Fsp3) is 0.278. The van der Waals surface area contributed by atoms with Gasteiger partial charge in [-0.2, -0.15) is 0 Å². The number of halogens is 1. The summed E-state index contributed by atoms with van der Waals surface area (Å²) in [4.78, 5) is 28.3. The summed E-state index contributed by atoms with van der Waals surface area (Å²) >= 11 is 6.14. The van der Waals surface area contributed by atoms with E-state index in [0.29, 0.717) is 18.5 Å². The number of benzene rings is 1. The Labute approximate surface area is 145 Å². The Balaban J connectivity index is 2.34. The van der Waals surface area contributed by atoms with Crippen molar-refractivity contribution in [2.24, 2.45) is 0 Å². The van der Waals surface area contributed by atoms with Crippen molar-refractivity contribution in [1.29, 1.82) is 0 Å². The Bertz CT molecular complexity index is 749. The van der Waals surface area contributed by atoms with E-state index in [1.165, 1.54) is 6.92 Å². The number of aliphatic carboxylic acids is 1. The van der Waals surface area contributed by atoms with E-state index < -0.39 is 17.4 Å². The lowest BCUT2D eigenvalue weighted by molar-refractivity contribution is -0.144. The van der Waals surface area contributed by atoms with Crippen LogP contribution >= 0.6 is 11.6 Å². The summed E-state index contributed by atoms with van der Waals surface area (Å²) in [7, 11) is 0. The molecule has 1 atom stereocenters. The van der Waals surface area contributed by atoms with Gasteiger partial charge in [-0.15, -0.1) is 0 Å². The third kappa shape index (κ3) is 3.92. The Morgan fingerprint density at radius 1 is 1.29 bits per heavy atom. The van der Waals surface area contributed by atoms with Gasteiger partial charge in [0.2, 0.25) is 0 Å². The van der Waals surface area contributed by atoms with E-state index in [2.05, 4.69) is 10.3 Å². The van der Waals surface area contributed by atoms with Crippen molar-refractivity contribution in [2.45, 2.75) is 32.2 Å². The minimum atomic E-state index is -1.34. The number of nitrogens with one attached hydrogen (secondary N) is 1. The van der Waals surface area contributed by atoms with Gasteiger partial charge in [0.05, 0.1) is 16.3 Å². The highest BCUT2D eigenvalue weighted by molar-refractivity contribution is 6.34. The van der Waals surface area contributed by atoms with Crippen LogP contribution in [0, 0.1) is 0 Å². The molecule has 0 fully saturated rings. The van der Waals surface area contributed by atoms with Gasteiger partial charge in [-0.1, -0.05) is 37.1 Å². The number of carbonyl (C=O) groups excluding carboxylic acids is 1. The molecule has 24 heavy (non-hydrogen) atoms. The number of carboxylic acids is 1. The Hall–Kier alpha value is -2.40. The largest absolute Gasteiger partial charge is 0.480 e. The summed E-state index contributed by atoms with van der Waals surface area (Å²) in [5, 5.41) is 12.3. The molecule has 1 aromatic carbocycles. The van der Waals surface area contributed by atoms with Crippen molar-refractivity contribution < 1.29 is 14.7 Å². The van der Waals surface area contributed by atoms with Crippen molar-refractivity contribution in [3.8, 4) is 11.3 Å². The number of nitrogens with zero attached hydrogens (tertiary/aromatic N) is 1. The lowest BCUT2D eigenvalue weighted by Crippen LogP contribution is -2.52. The van der Waals surface area contributed by atoms with E-state index in [-0.39, 0.29) is 10.6 Å². The molecular weight excluding hydrogens is 328 g/mol. The van der Waals surface area contributed by atoms with Crippen molar-refractivity contribution in [2.75, 3.05) is 0 Å². The monoisotopic (exact) mass is 346 g/mol. The quantitative estimate of drug-likeness (QED) is 0.834. The minimum Gasteiger partial charge on any atom is -0.480 e. The van der Waals surface area contributed by atoms with E-state index in [9.17, 15) is 14.7 Å². The molecule has 1 heterocycles. The van der Waals surface area contributed by atoms with Crippen LogP contribution in [0.15, 0.2) is 42.6 Å². The van der Waals surface area contributed by atoms with E-state index in [1.807, 2.05) is 19.1 Å². The molecule has 6 heteroatoms. The summed E-state index contributed by atoms with van der Waals surface area (Å²) in [6, 6.07) is 10.5. The normalized spacial score (nSPS) is 13.1. The maximum absolute atomic E-state index is 12.6. The molecular formula is C18H19ClN2O3. The molecule has 0 saturated heterocycles. The van der Waals surface area contributed by atoms with Gasteiger partial charge >= 0.3 is 5.97 Å². The SMILES string of the molecule is CCCC(C)(NC(=O)c1cc(-c2ccccn2)ccc1Cl)C(=O)O. The first-order valence-electron chi connectivity index (χ1n) is 7.64. The molecule has 1 amide bonds. The molecule has 0 saturated carbocycles. The second-order valence-electron chi connectivity index (χ2n) is 5.75. The van der Waals surface area contributed by atoms with Gasteiger partial charge in [0.1, 0.15) is 5.54 Å². The Morgan fingerprint density at radius 2 is 2.04 bits per heavy atom. The number of carboxylic acid groups (broad SMARTS) is 1. The Morgan fingerprint density at radius 3 is 2.62 bits per heavy atom. The smallest absolute Gasteiger partial charge is 0.329 e. The van der Waals surface area contributed by atoms with Gasteiger partial charge in [0, 0.05) is 11.8 Å². The first-order valence-corrected chi connectivity index (χ1v) is 8.02. The zero-order chi connectivity index (χ0) is 17.7. The van der Waals surface area contributed by atoms with Crippen LogP contribution < -0.4 is 5.32 Å². The number of pyridine rings is 1. The fourth-order valence-corrected chi connectivity index (χ4v) is 2.64. The molecule has 5 nitrogen and oxygen atoms in total. The van der Waals surface area contributed by atoms with Crippen LogP contribution in [-0.4, -0.2) is 27.5 Å². The summed E-state index contributed by atoms with van der Waals surface area (Å²) in [6.45, 7) is 3.36. The first-order chi connectivity index (χ1) is 11.4. The topological polar surface area (TPSA) is 79.3 Å². The molecule has 0 aliphatic heterocycles. The molecule has 0 radical (unpaired) electrons. The van der Waals surface area contributed by atoms with Crippen molar-refractivity contribution >= 4 is 23.5 Å². The third-order valence-electron chi connectivity index (χ3n) is 3.78. The number of rotatable bonds is 6. The van der Waals surface area contributed by atoms with Crippen LogP contribution in [0.2, 0.25) is 5.02 Å². The molecule has 2 N–H and O–H groups in total. The van der Waals surface area contributed by atoms with Crippen molar-refractivity contribution in [1.82, 2.24) is 10.3 Å². The number of aromatic nitrogens is 1. The average Bonchev–Trinajstić information content (AvgIpc) is 2.56. The highest BCUT2D eigenvalue weighted by atomic mass is 35.5. The molecule has 0 aliphatic rings. The number of hydrogen-bond donors (Lipinski definition) is 2. The zero-order valence-corrected chi connectivity index (χ0v) is 14.3. The van der Waals surface area contributed by atoms with Gasteiger partial charge in [0.15, 0.2) is 0 Å². The molecule has 2 rings (SSSR count). The molecule has 0 aliphatic carbocycles. The number of amides is 1.